The number of methoxy groups -OCH3 is 1. The number of hydrogen-bond acceptors (Lipinski definition) is 7. The third kappa shape index (κ3) is 4.53. The van der Waals surface area contributed by atoms with Gasteiger partial charge >= 0.3 is 6.01 Å². The van der Waals surface area contributed by atoms with E-state index in [-0.39, 0.29) is 34.2 Å². The zero-order valence-corrected chi connectivity index (χ0v) is 18.6. The first-order valence-corrected chi connectivity index (χ1v) is 10.2. The molecule has 2 heterocycles. The Bertz CT molecular complexity index is 1220. The van der Waals surface area contributed by atoms with E-state index in [0.29, 0.717) is 30.5 Å². The minimum absolute atomic E-state index is 0.124. The van der Waals surface area contributed by atoms with Crippen molar-refractivity contribution in [3.63, 3.8) is 0 Å². The van der Waals surface area contributed by atoms with Gasteiger partial charge in [-0.05, 0) is 25.0 Å². The first-order valence-electron chi connectivity index (χ1n) is 10.2. The number of aliphatic imine (C=N–C) groups is 1. The summed E-state index contributed by atoms with van der Waals surface area (Å²) in [5, 5.41) is 3.33. The highest BCUT2D eigenvalue weighted by atomic mass is 19.3. The molecule has 0 fully saturated rings. The summed E-state index contributed by atoms with van der Waals surface area (Å²) in [5.74, 6) is -1.68. The van der Waals surface area contributed by atoms with Gasteiger partial charge in [0.2, 0.25) is 0 Å². The topological polar surface area (TPSA) is 98.3 Å². The number of aryl methyl sites for hydroxylation is 1. The lowest BCUT2D eigenvalue weighted by molar-refractivity contribution is 0.150. The summed E-state index contributed by atoms with van der Waals surface area (Å²) in [5.41, 5.74) is 3.82. The van der Waals surface area contributed by atoms with Crippen molar-refractivity contribution in [3.8, 4) is 17.3 Å². The standard InChI is InChI=1S/C22H24F4N6O/c1-5-6-13-15-19(31-22(33-4)32-21(15)29-8-7-28-3)17(24)18(30-13)11-9-12(27)16(23)10(2)14(11)20(25)26/h7,9,20H,5-6,8,27H2,1-4H3,(H,29,31,32). The number of ether oxygens (including phenoxy) is 1. The van der Waals surface area contributed by atoms with Crippen LogP contribution in [0.5, 0.6) is 6.01 Å². The fraction of sp³-hybridized carbons (Fsp3) is 0.364. The van der Waals surface area contributed by atoms with E-state index in [1.165, 1.54) is 14.0 Å². The Balaban J connectivity index is 2.42. The highest BCUT2D eigenvalue weighted by molar-refractivity contribution is 5.95. The number of alkyl halides is 2. The van der Waals surface area contributed by atoms with Crippen LogP contribution in [0.2, 0.25) is 0 Å². The number of nitrogens with one attached hydrogen (secondary N) is 1. The van der Waals surface area contributed by atoms with Crippen LogP contribution in [0.4, 0.5) is 29.1 Å². The van der Waals surface area contributed by atoms with Crippen LogP contribution in [0, 0.1) is 18.6 Å². The predicted octanol–water partition coefficient (Wildman–Crippen LogP) is 4.87. The van der Waals surface area contributed by atoms with Crippen molar-refractivity contribution < 1.29 is 22.3 Å². The van der Waals surface area contributed by atoms with E-state index in [1.54, 1.807) is 13.3 Å². The summed E-state index contributed by atoms with van der Waals surface area (Å²) < 4.78 is 63.0. The number of nitrogens with zero attached hydrogens (tertiary/aromatic N) is 4. The van der Waals surface area contributed by atoms with Gasteiger partial charge in [0.05, 0.1) is 30.4 Å². The van der Waals surface area contributed by atoms with Crippen LogP contribution in [-0.2, 0) is 6.42 Å². The monoisotopic (exact) mass is 464 g/mol. The molecule has 176 valence electrons. The van der Waals surface area contributed by atoms with E-state index in [9.17, 15) is 13.2 Å². The Kier molecular flexibility index (Phi) is 7.29. The molecule has 0 aliphatic rings. The van der Waals surface area contributed by atoms with Gasteiger partial charge in [-0.1, -0.05) is 13.3 Å². The summed E-state index contributed by atoms with van der Waals surface area (Å²) in [7, 11) is 2.93. The Morgan fingerprint density at radius 3 is 2.55 bits per heavy atom. The second kappa shape index (κ2) is 9.97. The molecule has 0 spiro atoms. The zero-order valence-electron chi connectivity index (χ0n) is 18.6. The number of fused-ring (bicyclic) bond motifs is 1. The summed E-state index contributed by atoms with van der Waals surface area (Å²) in [6.45, 7) is 3.36. The van der Waals surface area contributed by atoms with E-state index in [2.05, 4.69) is 25.3 Å². The van der Waals surface area contributed by atoms with Crippen molar-refractivity contribution >= 4 is 28.6 Å². The molecule has 0 radical (unpaired) electrons. The molecule has 3 rings (SSSR count). The molecule has 7 nitrogen and oxygen atoms in total. The van der Waals surface area contributed by atoms with Gasteiger partial charge in [0.1, 0.15) is 22.8 Å². The van der Waals surface area contributed by atoms with Gasteiger partial charge in [-0.3, -0.25) is 4.99 Å². The molecule has 0 unspecified atom stereocenters. The number of benzene rings is 1. The Morgan fingerprint density at radius 2 is 1.94 bits per heavy atom. The van der Waals surface area contributed by atoms with Gasteiger partial charge in [-0.2, -0.15) is 9.97 Å². The lowest BCUT2D eigenvalue weighted by atomic mass is 9.96. The van der Waals surface area contributed by atoms with Crippen LogP contribution in [0.15, 0.2) is 11.1 Å². The molecule has 3 N–H and O–H groups in total. The fourth-order valence-corrected chi connectivity index (χ4v) is 3.58. The second-order valence-electron chi connectivity index (χ2n) is 7.24. The van der Waals surface area contributed by atoms with Crippen molar-refractivity contribution in [1.29, 1.82) is 0 Å². The maximum absolute atomic E-state index is 15.8. The van der Waals surface area contributed by atoms with Crippen molar-refractivity contribution in [1.82, 2.24) is 15.0 Å². The highest BCUT2D eigenvalue weighted by Gasteiger charge is 2.27. The largest absolute Gasteiger partial charge is 0.467 e. The lowest BCUT2D eigenvalue weighted by Gasteiger charge is -2.18. The van der Waals surface area contributed by atoms with E-state index in [1.807, 2.05) is 6.92 Å². The molecule has 0 amide bonds. The number of aromatic nitrogens is 3. The van der Waals surface area contributed by atoms with Gasteiger partial charge in [-0.15, -0.1) is 0 Å². The number of anilines is 2. The molecule has 11 heteroatoms. The normalized spacial score (nSPS) is 11.7. The molecule has 1 aromatic carbocycles. The minimum Gasteiger partial charge on any atom is -0.467 e. The number of pyridine rings is 1. The Morgan fingerprint density at radius 1 is 1.21 bits per heavy atom. The molecule has 0 bridgehead atoms. The third-order valence-corrected chi connectivity index (χ3v) is 5.10. The van der Waals surface area contributed by atoms with Gasteiger partial charge in [-0.25, -0.2) is 22.5 Å². The predicted molar refractivity (Wildman–Crippen MR) is 120 cm³/mol. The van der Waals surface area contributed by atoms with Crippen LogP contribution in [-0.4, -0.2) is 41.9 Å². The number of nitrogen functional groups attached to an aromatic ring is 1. The summed E-state index contributed by atoms with van der Waals surface area (Å²) in [6, 6.07) is 0.854. The second-order valence-corrected chi connectivity index (χ2v) is 7.24. The van der Waals surface area contributed by atoms with Crippen molar-refractivity contribution in [2.45, 2.75) is 33.1 Å². The molecule has 0 atom stereocenters. The average molecular weight is 464 g/mol. The summed E-state index contributed by atoms with van der Waals surface area (Å²) >= 11 is 0. The lowest BCUT2D eigenvalue weighted by Crippen LogP contribution is -2.11. The molecule has 0 saturated carbocycles. The Labute approximate surface area is 188 Å². The smallest absolute Gasteiger partial charge is 0.318 e. The zero-order chi connectivity index (χ0) is 24.3. The first kappa shape index (κ1) is 24.1. The van der Waals surface area contributed by atoms with E-state index in [0.717, 1.165) is 6.07 Å². The van der Waals surface area contributed by atoms with Crippen molar-refractivity contribution in [2.75, 3.05) is 31.8 Å². The molecule has 0 aliphatic heterocycles. The minimum atomic E-state index is -3.08. The maximum Gasteiger partial charge on any atom is 0.318 e. The maximum atomic E-state index is 15.8. The fourth-order valence-electron chi connectivity index (χ4n) is 3.58. The highest BCUT2D eigenvalue weighted by Crippen LogP contribution is 2.40. The van der Waals surface area contributed by atoms with Gasteiger partial charge in [0.15, 0.2) is 5.82 Å². The van der Waals surface area contributed by atoms with E-state index in [4.69, 9.17) is 10.5 Å². The third-order valence-electron chi connectivity index (χ3n) is 5.10. The summed E-state index contributed by atoms with van der Waals surface area (Å²) in [4.78, 5) is 16.7. The van der Waals surface area contributed by atoms with Crippen molar-refractivity contribution in [3.05, 3.63) is 34.5 Å². The van der Waals surface area contributed by atoms with Gasteiger partial charge < -0.3 is 15.8 Å². The Hall–Kier alpha value is -3.50. The van der Waals surface area contributed by atoms with Gasteiger partial charge in [0.25, 0.3) is 6.43 Å². The quantitative estimate of drug-likeness (QED) is 0.280. The summed E-state index contributed by atoms with van der Waals surface area (Å²) in [6.07, 6.45) is -0.472. The molecule has 33 heavy (non-hydrogen) atoms. The molecular formula is C22H24F4N6O. The molecule has 0 aliphatic carbocycles. The van der Waals surface area contributed by atoms with Crippen molar-refractivity contribution in [2.24, 2.45) is 4.99 Å². The number of halogens is 4. The van der Waals surface area contributed by atoms with E-state index >= 15 is 4.39 Å². The van der Waals surface area contributed by atoms with Crippen LogP contribution in [0.1, 0.15) is 36.6 Å². The van der Waals surface area contributed by atoms with E-state index < -0.39 is 29.3 Å². The number of rotatable bonds is 8. The SMILES string of the molecule is CCCc1nc(-c2cc(N)c(F)c(C)c2C(F)F)c(F)c2nc(OC)nc(NCC=NC)c12. The molecular weight excluding hydrogens is 440 g/mol. The molecule has 3 aromatic rings. The number of nitrogens with two attached hydrogens (primary N) is 1. The van der Waals surface area contributed by atoms with Gasteiger partial charge in [0, 0.05) is 24.4 Å². The van der Waals surface area contributed by atoms with Crippen LogP contribution in [0.3, 0.4) is 0 Å². The molecule has 0 saturated heterocycles. The van der Waals surface area contributed by atoms with Crippen LogP contribution in [0.25, 0.3) is 22.2 Å². The number of hydrogen-bond donors (Lipinski definition) is 2. The van der Waals surface area contributed by atoms with Crippen LogP contribution >= 0.6 is 0 Å². The average Bonchev–Trinajstić information content (AvgIpc) is 2.78. The molecule has 2 aromatic heterocycles. The van der Waals surface area contributed by atoms with Crippen LogP contribution < -0.4 is 15.8 Å². The first-order chi connectivity index (χ1) is 15.7.